The van der Waals surface area contributed by atoms with E-state index in [0.29, 0.717) is 43.1 Å². The Bertz CT molecular complexity index is 1090. The first-order chi connectivity index (χ1) is 14.4. The van der Waals surface area contributed by atoms with Gasteiger partial charge in [-0.1, -0.05) is 23.2 Å². The lowest BCUT2D eigenvalue weighted by Gasteiger charge is -2.53. The number of nitrogens with zero attached hydrogens (tertiary/aromatic N) is 4. The van der Waals surface area contributed by atoms with Crippen LogP contribution < -0.4 is 0 Å². The number of likely N-dealkylation sites (tertiary alicyclic amines) is 2. The summed E-state index contributed by atoms with van der Waals surface area (Å²) in [5, 5.41) is 1.22. The van der Waals surface area contributed by atoms with Crippen LogP contribution in [0.2, 0.25) is 10.3 Å². The molecule has 0 bridgehead atoms. The third-order valence-electron chi connectivity index (χ3n) is 5.99. The number of carbonyl (C=O) groups excluding carboxylic acids is 2. The standard InChI is InChI=1S/C21H18Cl2N4O3/c22-17-8-13(9-18(23)25-17)19(28)27-11-21(12-27)2-5-26(6-3-21)20(29)16-7-14-10-24-4-1-15(14)30-16/h1,4,7-10H,2-3,5-6,11-12H2. The fourth-order valence-electron chi connectivity index (χ4n) is 4.32. The van der Waals surface area contributed by atoms with Gasteiger partial charge in [-0.3, -0.25) is 14.6 Å². The van der Waals surface area contributed by atoms with Gasteiger partial charge in [-0.2, -0.15) is 0 Å². The molecule has 0 atom stereocenters. The number of hydrogen-bond donors (Lipinski definition) is 0. The summed E-state index contributed by atoms with van der Waals surface area (Å²) in [7, 11) is 0. The van der Waals surface area contributed by atoms with Crippen LogP contribution in [0.5, 0.6) is 0 Å². The third-order valence-corrected chi connectivity index (χ3v) is 6.38. The third kappa shape index (κ3) is 3.42. The number of fused-ring (bicyclic) bond motifs is 1. The first-order valence-corrected chi connectivity index (χ1v) is 10.4. The normalized spacial score (nSPS) is 17.9. The van der Waals surface area contributed by atoms with E-state index in [4.69, 9.17) is 27.6 Å². The molecule has 2 amide bonds. The minimum absolute atomic E-state index is 0.0604. The van der Waals surface area contributed by atoms with Crippen molar-refractivity contribution < 1.29 is 14.0 Å². The number of halogens is 2. The smallest absolute Gasteiger partial charge is 0.289 e. The Labute approximate surface area is 182 Å². The van der Waals surface area contributed by atoms with Gasteiger partial charge in [0.2, 0.25) is 0 Å². The highest BCUT2D eigenvalue weighted by Crippen LogP contribution is 2.41. The van der Waals surface area contributed by atoms with Crippen molar-refractivity contribution in [3.63, 3.8) is 0 Å². The Hall–Kier alpha value is -2.64. The van der Waals surface area contributed by atoms with E-state index in [9.17, 15) is 9.59 Å². The number of aromatic nitrogens is 2. The summed E-state index contributed by atoms with van der Waals surface area (Å²) in [6.45, 7) is 2.62. The van der Waals surface area contributed by atoms with Gasteiger partial charge in [-0.05, 0) is 37.1 Å². The number of pyridine rings is 2. The predicted octanol–water partition coefficient (Wildman–Crippen LogP) is 3.91. The lowest BCUT2D eigenvalue weighted by atomic mass is 9.71. The van der Waals surface area contributed by atoms with E-state index in [0.717, 1.165) is 18.2 Å². The molecule has 2 aliphatic heterocycles. The van der Waals surface area contributed by atoms with Crippen LogP contribution in [0.15, 0.2) is 41.1 Å². The van der Waals surface area contributed by atoms with E-state index < -0.39 is 0 Å². The van der Waals surface area contributed by atoms with Gasteiger partial charge in [0.1, 0.15) is 15.9 Å². The molecule has 2 aliphatic rings. The molecule has 154 valence electrons. The summed E-state index contributed by atoms with van der Waals surface area (Å²) in [5.74, 6) is 0.140. The van der Waals surface area contributed by atoms with Gasteiger partial charge in [0, 0.05) is 54.9 Å². The van der Waals surface area contributed by atoms with Gasteiger partial charge in [0.05, 0.1) is 0 Å². The highest BCUT2D eigenvalue weighted by atomic mass is 35.5. The van der Waals surface area contributed by atoms with Crippen molar-refractivity contribution in [2.24, 2.45) is 5.41 Å². The largest absolute Gasteiger partial charge is 0.451 e. The molecule has 0 N–H and O–H groups in total. The molecule has 0 saturated carbocycles. The summed E-state index contributed by atoms with van der Waals surface area (Å²) < 4.78 is 5.68. The fourth-order valence-corrected chi connectivity index (χ4v) is 4.78. The fraction of sp³-hybridized carbons (Fsp3) is 0.333. The molecular weight excluding hydrogens is 427 g/mol. The van der Waals surface area contributed by atoms with Crippen molar-refractivity contribution in [3.8, 4) is 0 Å². The molecule has 7 nitrogen and oxygen atoms in total. The van der Waals surface area contributed by atoms with E-state index >= 15 is 0 Å². The number of amides is 2. The summed E-state index contributed by atoms with van der Waals surface area (Å²) in [5.41, 5.74) is 1.17. The number of hydrogen-bond acceptors (Lipinski definition) is 5. The molecule has 9 heteroatoms. The van der Waals surface area contributed by atoms with Gasteiger partial charge >= 0.3 is 0 Å². The van der Waals surface area contributed by atoms with Crippen molar-refractivity contribution in [1.29, 1.82) is 0 Å². The van der Waals surface area contributed by atoms with Crippen molar-refractivity contribution >= 4 is 46.0 Å². The maximum absolute atomic E-state index is 12.8. The van der Waals surface area contributed by atoms with Crippen molar-refractivity contribution in [2.75, 3.05) is 26.2 Å². The Morgan fingerprint density at radius 2 is 1.70 bits per heavy atom. The van der Waals surface area contributed by atoms with Crippen LogP contribution in [0.4, 0.5) is 0 Å². The number of carbonyl (C=O) groups is 2. The lowest BCUT2D eigenvalue weighted by Crippen LogP contribution is -2.62. The first-order valence-electron chi connectivity index (χ1n) is 9.68. The van der Waals surface area contributed by atoms with Gasteiger partial charge in [-0.25, -0.2) is 4.98 Å². The zero-order valence-electron chi connectivity index (χ0n) is 16.0. The monoisotopic (exact) mass is 444 g/mol. The molecule has 3 aromatic rings. The molecule has 0 aromatic carbocycles. The Kier molecular flexibility index (Phi) is 4.67. The molecule has 1 spiro atoms. The van der Waals surface area contributed by atoms with Gasteiger partial charge in [0.25, 0.3) is 11.8 Å². The van der Waals surface area contributed by atoms with E-state index in [1.165, 1.54) is 12.1 Å². The van der Waals surface area contributed by atoms with Crippen molar-refractivity contribution in [2.45, 2.75) is 12.8 Å². The lowest BCUT2D eigenvalue weighted by molar-refractivity contribution is -0.0292. The minimum Gasteiger partial charge on any atom is -0.451 e. The molecule has 3 aromatic heterocycles. The highest BCUT2D eigenvalue weighted by Gasteiger charge is 2.47. The van der Waals surface area contributed by atoms with E-state index in [1.807, 2.05) is 4.90 Å². The minimum atomic E-state index is -0.102. The summed E-state index contributed by atoms with van der Waals surface area (Å²) in [6.07, 6.45) is 5.02. The molecule has 5 rings (SSSR count). The quantitative estimate of drug-likeness (QED) is 0.559. The number of rotatable bonds is 2. The SMILES string of the molecule is O=C(c1cc(Cl)nc(Cl)c1)N1CC2(CCN(C(=O)c3cc4cnccc4o3)CC2)C1. The van der Waals surface area contributed by atoms with Crippen molar-refractivity contribution in [3.05, 3.63) is 58.3 Å². The molecule has 0 unspecified atom stereocenters. The molecule has 5 heterocycles. The second kappa shape index (κ2) is 7.25. The zero-order valence-corrected chi connectivity index (χ0v) is 17.5. The average Bonchev–Trinajstić information content (AvgIpc) is 3.14. The zero-order chi connectivity index (χ0) is 20.9. The molecular formula is C21H18Cl2N4O3. The van der Waals surface area contributed by atoms with Gasteiger partial charge in [-0.15, -0.1) is 0 Å². The Morgan fingerprint density at radius 1 is 1.00 bits per heavy atom. The second-order valence-corrected chi connectivity index (χ2v) is 8.75. The van der Waals surface area contributed by atoms with Crippen LogP contribution in [-0.2, 0) is 0 Å². The number of piperidine rings is 1. The predicted molar refractivity (Wildman–Crippen MR) is 112 cm³/mol. The first kappa shape index (κ1) is 19.3. The topological polar surface area (TPSA) is 79.5 Å². The maximum atomic E-state index is 12.8. The Balaban J connectivity index is 1.20. The maximum Gasteiger partial charge on any atom is 0.289 e. The highest BCUT2D eigenvalue weighted by molar-refractivity contribution is 6.33. The van der Waals surface area contributed by atoms with Crippen LogP contribution >= 0.6 is 23.2 Å². The number of furan rings is 1. The molecule has 0 radical (unpaired) electrons. The molecule has 30 heavy (non-hydrogen) atoms. The summed E-state index contributed by atoms with van der Waals surface area (Å²) in [6, 6.07) is 6.56. The second-order valence-electron chi connectivity index (χ2n) is 7.98. The van der Waals surface area contributed by atoms with Gasteiger partial charge < -0.3 is 14.2 Å². The molecule has 2 fully saturated rings. The van der Waals surface area contributed by atoms with E-state index in [-0.39, 0.29) is 27.5 Å². The van der Waals surface area contributed by atoms with E-state index in [2.05, 4.69) is 9.97 Å². The van der Waals surface area contributed by atoms with Crippen LogP contribution in [0.25, 0.3) is 11.0 Å². The average molecular weight is 445 g/mol. The van der Waals surface area contributed by atoms with Crippen LogP contribution in [0.1, 0.15) is 33.8 Å². The van der Waals surface area contributed by atoms with Crippen LogP contribution in [0.3, 0.4) is 0 Å². The Morgan fingerprint density at radius 3 is 2.37 bits per heavy atom. The van der Waals surface area contributed by atoms with Crippen LogP contribution in [-0.4, -0.2) is 57.8 Å². The van der Waals surface area contributed by atoms with Crippen LogP contribution in [0, 0.1) is 5.41 Å². The summed E-state index contributed by atoms with van der Waals surface area (Å²) in [4.78, 5) is 37.1. The molecule has 2 saturated heterocycles. The summed E-state index contributed by atoms with van der Waals surface area (Å²) >= 11 is 11.8. The van der Waals surface area contributed by atoms with Gasteiger partial charge in [0.15, 0.2) is 5.76 Å². The molecule has 0 aliphatic carbocycles. The van der Waals surface area contributed by atoms with Crippen molar-refractivity contribution in [1.82, 2.24) is 19.8 Å². The van der Waals surface area contributed by atoms with E-state index in [1.54, 1.807) is 29.4 Å².